The van der Waals surface area contributed by atoms with E-state index in [9.17, 15) is 0 Å². The molecule has 0 saturated carbocycles. The molecule has 0 aliphatic carbocycles. The van der Waals surface area contributed by atoms with Crippen LogP contribution in [0.15, 0.2) is 18.5 Å². The maximum atomic E-state index is 2.53. The van der Waals surface area contributed by atoms with Gasteiger partial charge < -0.3 is 0 Å². The summed E-state index contributed by atoms with van der Waals surface area (Å²) in [7, 11) is 0. The van der Waals surface area contributed by atoms with Crippen LogP contribution in [0.25, 0.3) is 0 Å². The second-order valence-electron chi connectivity index (χ2n) is 14.8. The van der Waals surface area contributed by atoms with E-state index in [0.29, 0.717) is 0 Å². The minimum absolute atomic E-state index is 1.19. The average Bonchev–Trinajstić information content (AvgIpc) is 3.05. The third-order valence-electron chi connectivity index (χ3n) is 10.3. The molecule has 1 heterocycles. The number of unbranched alkanes of at least 4 members (excludes halogenated alkanes) is 30. The molecule has 0 amide bonds. The van der Waals surface area contributed by atoms with Gasteiger partial charge in [-0.05, 0) is 37.7 Å². The predicted octanol–water partition coefficient (Wildman–Crippen LogP) is 15.0. The molecule has 0 N–H and O–H groups in total. The van der Waals surface area contributed by atoms with Crippen molar-refractivity contribution in [2.24, 2.45) is 0 Å². The largest absolute Gasteiger partial charge is 0.205 e. The van der Waals surface area contributed by atoms with Crippen molar-refractivity contribution < 1.29 is 4.57 Å². The Bertz CT molecular complexity index is 709. The molecule has 0 aliphatic rings. The molecule has 45 heavy (non-hydrogen) atoms. The Morgan fingerprint density at radius 1 is 0.333 bits per heavy atom. The Balaban J connectivity index is 2.15. The smallest absolute Gasteiger partial charge is 0.172 e. The summed E-state index contributed by atoms with van der Waals surface area (Å²) < 4.78 is 2.49. The Morgan fingerprint density at radius 2 is 0.622 bits per heavy atom. The monoisotopic (exact) mass is 627 g/mol. The third kappa shape index (κ3) is 27.9. The first kappa shape index (κ1) is 42.2. The quantitative estimate of drug-likeness (QED) is 0.0515. The first-order valence-electron chi connectivity index (χ1n) is 21.3. The van der Waals surface area contributed by atoms with E-state index in [-0.39, 0.29) is 0 Å². The van der Waals surface area contributed by atoms with Gasteiger partial charge in [-0.25, -0.2) is 4.57 Å². The molecule has 1 nitrogen and oxygen atoms in total. The van der Waals surface area contributed by atoms with Crippen LogP contribution in [0.1, 0.15) is 244 Å². The van der Waals surface area contributed by atoms with Crippen LogP contribution in [-0.4, -0.2) is 0 Å². The van der Waals surface area contributed by atoms with Gasteiger partial charge in [0.1, 0.15) is 6.54 Å². The van der Waals surface area contributed by atoms with Gasteiger partial charge in [-0.3, -0.25) is 0 Å². The summed E-state index contributed by atoms with van der Waals surface area (Å²) in [6.07, 6.45) is 54.9. The van der Waals surface area contributed by atoms with Crippen LogP contribution in [0.4, 0.5) is 0 Å². The molecule has 0 saturated heterocycles. The highest BCUT2D eigenvalue weighted by Gasteiger charge is 2.10. The molecule has 264 valence electrons. The van der Waals surface area contributed by atoms with Gasteiger partial charge in [0.25, 0.3) is 0 Å². The zero-order valence-electron chi connectivity index (χ0n) is 31.6. The molecule has 0 aromatic carbocycles. The lowest BCUT2D eigenvalue weighted by Crippen LogP contribution is -2.33. The Hall–Kier alpha value is -0.850. The SMILES string of the molecule is CCCCCCCCCCCCCCCCCc1cc[n+](CCCCC)cc1CCCCCCCCCCCCCCCCC. The van der Waals surface area contributed by atoms with Gasteiger partial charge in [0.05, 0.1) is 0 Å². The lowest BCUT2D eigenvalue weighted by atomic mass is 9.97. The number of hydrogen-bond acceptors (Lipinski definition) is 0. The molecule has 0 radical (unpaired) electrons. The molecule has 1 aromatic heterocycles. The van der Waals surface area contributed by atoms with Gasteiger partial charge in [-0.2, -0.15) is 0 Å². The Labute approximate surface area is 285 Å². The normalized spacial score (nSPS) is 11.5. The first-order chi connectivity index (χ1) is 22.3. The standard InChI is InChI=1S/C44H84N/c1-4-7-10-12-14-16-18-20-22-24-26-28-30-32-34-37-43-39-41-45(40-36-9-6-3)42-44(43)38-35-33-31-29-27-25-23-21-19-17-15-13-11-8-5-2/h39,41-42H,4-38,40H2,1-3H3/q+1. The van der Waals surface area contributed by atoms with Crippen molar-refractivity contribution in [3.05, 3.63) is 29.6 Å². The van der Waals surface area contributed by atoms with E-state index < -0.39 is 0 Å². The minimum Gasteiger partial charge on any atom is -0.205 e. The van der Waals surface area contributed by atoms with E-state index in [1.54, 1.807) is 11.1 Å². The summed E-state index contributed by atoms with van der Waals surface area (Å²) in [5.74, 6) is 0. The van der Waals surface area contributed by atoms with E-state index >= 15 is 0 Å². The van der Waals surface area contributed by atoms with Crippen molar-refractivity contribution in [1.29, 1.82) is 0 Å². The fourth-order valence-electron chi connectivity index (χ4n) is 7.14. The minimum atomic E-state index is 1.19. The fraction of sp³-hybridized carbons (Fsp3) is 0.886. The molecule has 0 unspecified atom stereocenters. The predicted molar refractivity (Wildman–Crippen MR) is 203 cm³/mol. The van der Waals surface area contributed by atoms with E-state index in [2.05, 4.69) is 43.8 Å². The number of hydrogen-bond donors (Lipinski definition) is 0. The molecular weight excluding hydrogens is 542 g/mol. The number of nitrogens with zero attached hydrogens (tertiary/aromatic N) is 1. The van der Waals surface area contributed by atoms with Crippen molar-refractivity contribution in [2.75, 3.05) is 0 Å². The average molecular weight is 627 g/mol. The van der Waals surface area contributed by atoms with Gasteiger partial charge in [0, 0.05) is 18.1 Å². The van der Waals surface area contributed by atoms with Crippen molar-refractivity contribution in [2.45, 2.75) is 252 Å². The number of aryl methyl sites for hydroxylation is 3. The van der Waals surface area contributed by atoms with Gasteiger partial charge in [0.2, 0.25) is 0 Å². The summed E-state index contributed by atoms with van der Waals surface area (Å²) in [5.41, 5.74) is 3.32. The summed E-state index contributed by atoms with van der Waals surface area (Å²) in [6, 6.07) is 2.48. The summed E-state index contributed by atoms with van der Waals surface area (Å²) in [5, 5.41) is 0. The summed E-state index contributed by atoms with van der Waals surface area (Å²) in [4.78, 5) is 0. The first-order valence-corrected chi connectivity index (χ1v) is 21.3. The lowest BCUT2D eigenvalue weighted by Gasteiger charge is -2.10. The molecule has 0 fully saturated rings. The maximum absolute atomic E-state index is 2.53. The van der Waals surface area contributed by atoms with E-state index in [1.165, 1.54) is 231 Å². The second-order valence-corrected chi connectivity index (χ2v) is 14.8. The molecule has 0 atom stereocenters. The van der Waals surface area contributed by atoms with Crippen LogP contribution in [0.5, 0.6) is 0 Å². The molecule has 1 heteroatoms. The summed E-state index contributed by atoms with van der Waals surface area (Å²) in [6.45, 7) is 8.13. The Morgan fingerprint density at radius 3 is 0.978 bits per heavy atom. The van der Waals surface area contributed by atoms with Crippen LogP contribution < -0.4 is 4.57 Å². The highest BCUT2D eigenvalue weighted by Crippen LogP contribution is 2.18. The topological polar surface area (TPSA) is 3.88 Å². The second kappa shape index (κ2) is 34.5. The molecule has 1 aromatic rings. The van der Waals surface area contributed by atoms with E-state index in [0.717, 1.165) is 0 Å². The van der Waals surface area contributed by atoms with Crippen molar-refractivity contribution in [3.8, 4) is 0 Å². The van der Waals surface area contributed by atoms with Crippen LogP contribution in [0.2, 0.25) is 0 Å². The number of pyridine rings is 1. The lowest BCUT2D eigenvalue weighted by molar-refractivity contribution is -0.697. The fourth-order valence-corrected chi connectivity index (χ4v) is 7.14. The van der Waals surface area contributed by atoms with E-state index in [1.807, 2.05) is 0 Å². The highest BCUT2D eigenvalue weighted by atomic mass is 14.9. The van der Waals surface area contributed by atoms with Crippen LogP contribution in [0.3, 0.4) is 0 Å². The maximum Gasteiger partial charge on any atom is 0.172 e. The number of aromatic nitrogens is 1. The molecule has 0 bridgehead atoms. The third-order valence-corrected chi connectivity index (χ3v) is 10.3. The molecule has 1 rings (SSSR count). The van der Waals surface area contributed by atoms with Gasteiger partial charge in [-0.1, -0.05) is 207 Å². The number of rotatable bonds is 36. The van der Waals surface area contributed by atoms with Gasteiger partial charge >= 0.3 is 0 Å². The van der Waals surface area contributed by atoms with Crippen molar-refractivity contribution in [3.63, 3.8) is 0 Å². The zero-order chi connectivity index (χ0) is 32.3. The van der Waals surface area contributed by atoms with Gasteiger partial charge in [0.15, 0.2) is 12.4 Å². The van der Waals surface area contributed by atoms with Crippen molar-refractivity contribution >= 4 is 0 Å². The molecule has 0 spiro atoms. The Kier molecular flexibility index (Phi) is 32.3. The van der Waals surface area contributed by atoms with Crippen LogP contribution in [0, 0.1) is 0 Å². The molecular formula is C44H84N+. The van der Waals surface area contributed by atoms with Crippen LogP contribution in [-0.2, 0) is 19.4 Å². The summed E-state index contributed by atoms with van der Waals surface area (Å²) >= 11 is 0. The zero-order valence-corrected chi connectivity index (χ0v) is 31.6. The molecule has 0 aliphatic heterocycles. The highest BCUT2D eigenvalue weighted by molar-refractivity contribution is 5.21. The van der Waals surface area contributed by atoms with E-state index in [4.69, 9.17) is 0 Å². The van der Waals surface area contributed by atoms with Gasteiger partial charge in [-0.15, -0.1) is 0 Å². The van der Waals surface area contributed by atoms with Crippen molar-refractivity contribution in [1.82, 2.24) is 0 Å². The van der Waals surface area contributed by atoms with Crippen LogP contribution >= 0.6 is 0 Å².